The molecule has 0 spiro atoms. The highest BCUT2D eigenvalue weighted by molar-refractivity contribution is 5.94. The first-order valence-electron chi connectivity index (χ1n) is 11.9. The number of nitrogens with one attached hydrogen (secondary N) is 1. The van der Waals surface area contributed by atoms with Gasteiger partial charge in [0.15, 0.2) is 0 Å². The molecule has 0 saturated carbocycles. The molecular weight excluding hydrogens is 446 g/mol. The maximum absolute atomic E-state index is 12.6. The molecule has 9 nitrogen and oxygen atoms in total. The lowest BCUT2D eigenvalue weighted by molar-refractivity contribution is -0.210. The Bertz CT molecular complexity index is 1080. The number of hydrogen-bond donors (Lipinski definition) is 1. The molecule has 0 atom stereocenters. The highest BCUT2D eigenvalue weighted by Crippen LogP contribution is 2.26. The minimum absolute atomic E-state index is 0.330. The van der Waals surface area contributed by atoms with E-state index in [1.54, 1.807) is 24.4 Å². The summed E-state index contributed by atoms with van der Waals surface area (Å²) in [5, 5.41) is 3.18. The Kier molecular flexibility index (Phi) is 8.85. The highest BCUT2D eigenvalue weighted by atomic mass is 17.2. The molecule has 2 aromatic carbocycles. The van der Waals surface area contributed by atoms with E-state index in [0.717, 1.165) is 24.4 Å². The van der Waals surface area contributed by atoms with Gasteiger partial charge in [-0.25, -0.2) is 14.7 Å². The molecule has 0 radical (unpaired) electrons. The SMILES string of the molecule is COOC(=O)N(c1ccccc1)c1ccnc(Nc2cccc(OCCCN3CCCCC3)c2)n1. The molecule has 35 heavy (non-hydrogen) atoms. The van der Waals surface area contributed by atoms with E-state index in [2.05, 4.69) is 25.1 Å². The number of hydrogen-bond acceptors (Lipinski definition) is 8. The van der Waals surface area contributed by atoms with Crippen LogP contribution in [0.4, 0.5) is 27.9 Å². The molecule has 1 saturated heterocycles. The number of carbonyl (C=O) groups is 1. The number of piperidine rings is 1. The molecule has 1 N–H and O–H groups in total. The summed E-state index contributed by atoms with van der Waals surface area (Å²) < 4.78 is 5.96. The molecule has 1 fully saturated rings. The van der Waals surface area contributed by atoms with Gasteiger partial charge in [0, 0.05) is 30.6 Å². The molecule has 0 unspecified atom stereocenters. The van der Waals surface area contributed by atoms with Gasteiger partial charge >= 0.3 is 6.09 Å². The molecule has 0 bridgehead atoms. The van der Waals surface area contributed by atoms with Gasteiger partial charge in [-0.3, -0.25) is 4.89 Å². The first-order valence-corrected chi connectivity index (χ1v) is 11.9. The van der Waals surface area contributed by atoms with Gasteiger partial charge in [-0.15, -0.1) is 0 Å². The summed E-state index contributed by atoms with van der Waals surface area (Å²) in [7, 11) is 1.27. The smallest absolute Gasteiger partial charge is 0.451 e. The second-order valence-electron chi connectivity index (χ2n) is 8.18. The van der Waals surface area contributed by atoms with Crippen LogP contribution in [0.2, 0.25) is 0 Å². The van der Waals surface area contributed by atoms with Crippen molar-refractivity contribution in [2.24, 2.45) is 0 Å². The van der Waals surface area contributed by atoms with Crippen molar-refractivity contribution in [3.8, 4) is 5.75 Å². The molecule has 1 aliphatic rings. The van der Waals surface area contributed by atoms with Crippen LogP contribution in [0.5, 0.6) is 5.75 Å². The van der Waals surface area contributed by atoms with E-state index in [1.165, 1.54) is 44.4 Å². The lowest BCUT2D eigenvalue weighted by atomic mass is 10.1. The van der Waals surface area contributed by atoms with E-state index >= 15 is 0 Å². The third kappa shape index (κ3) is 7.14. The monoisotopic (exact) mass is 477 g/mol. The first-order chi connectivity index (χ1) is 17.2. The number of carbonyl (C=O) groups excluding carboxylic acids is 1. The Morgan fingerprint density at radius 3 is 2.69 bits per heavy atom. The van der Waals surface area contributed by atoms with Crippen molar-refractivity contribution < 1.29 is 19.3 Å². The molecule has 1 aliphatic heterocycles. The summed E-state index contributed by atoms with van der Waals surface area (Å²) in [6, 6.07) is 18.3. The average Bonchev–Trinajstić information content (AvgIpc) is 2.89. The zero-order valence-electron chi connectivity index (χ0n) is 19.9. The lowest BCUT2D eigenvalue weighted by Crippen LogP contribution is -2.31. The normalized spacial score (nSPS) is 13.7. The maximum atomic E-state index is 12.6. The summed E-state index contributed by atoms with van der Waals surface area (Å²) in [5.74, 6) is 1.44. The molecular formula is C26H31N5O4. The number of amides is 1. The van der Waals surface area contributed by atoms with Crippen LogP contribution in [0.15, 0.2) is 66.9 Å². The Hall–Kier alpha value is -3.69. The van der Waals surface area contributed by atoms with E-state index in [4.69, 9.17) is 9.62 Å². The van der Waals surface area contributed by atoms with Crippen molar-refractivity contribution in [3.05, 3.63) is 66.9 Å². The second kappa shape index (κ2) is 12.7. The van der Waals surface area contributed by atoms with Crippen LogP contribution in [-0.4, -0.2) is 54.3 Å². The van der Waals surface area contributed by atoms with Crippen molar-refractivity contribution in [1.29, 1.82) is 0 Å². The van der Waals surface area contributed by atoms with Gasteiger partial charge in [0.05, 0.1) is 19.4 Å². The number of para-hydroxylation sites is 1. The molecule has 2 heterocycles. The second-order valence-corrected chi connectivity index (χ2v) is 8.18. The van der Waals surface area contributed by atoms with Gasteiger partial charge in [-0.2, -0.15) is 9.87 Å². The number of anilines is 4. The molecule has 3 aromatic rings. The van der Waals surface area contributed by atoms with E-state index < -0.39 is 6.09 Å². The fraction of sp³-hybridized carbons (Fsp3) is 0.346. The standard InChI is InChI=1S/C26H31N5O4/c1-33-35-26(32)31(22-11-4-2-5-12-22)24-14-15-27-25(29-24)28-21-10-8-13-23(20-21)34-19-9-18-30-16-6-3-7-17-30/h2,4-5,8,10-15,20H,3,6-7,9,16-19H2,1H3,(H,27,28,29). The van der Waals surface area contributed by atoms with E-state index in [1.807, 2.05) is 42.5 Å². The summed E-state index contributed by atoms with van der Waals surface area (Å²) >= 11 is 0. The lowest BCUT2D eigenvalue weighted by Gasteiger charge is -2.26. The van der Waals surface area contributed by atoms with Crippen molar-refractivity contribution in [2.45, 2.75) is 25.7 Å². The molecule has 1 amide bonds. The number of nitrogens with zero attached hydrogens (tertiary/aromatic N) is 4. The molecule has 1 aromatic heterocycles. The summed E-state index contributed by atoms with van der Waals surface area (Å²) in [4.78, 5) is 34.5. The Balaban J connectivity index is 1.40. The van der Waals surface area contributed by atoms with Crippen LogP contribution in [-0.2, 0) is 9.78 Å². The van der Waals surface area contributed by atoms with Gasteiger partial charge in [-0.1, -0.05) is 30.7 Å². The van der Waals surface area contributed by atoms with Crippen LogP contribution >= 0.6 is 0 Å². The number of ether oxygens (including phenoxy) is 1. The minimum Gasteiger partial charge on any atom is -0.493 e. The molecule has 4 rings (SSSR count). The van der Waals surface area contributed by atoms with Crippen LogP contribution in [0.25, 0.3) is 0 Å². The Morgan fingerprint density at radius 1 is 1.06 bits per heavy atom. The van der Waals surface area contributed by atoms with Crippen LogP contribution < -0.4 is 15.0 Å². The fourth-order valence-corrected chi connectivity index (χ4v) is 4.00. The predicted octanol–water partition coefficient (Wildman–Crippen LogP) is 5.31. The van der Waals surface area contributed by atoms with Gasteiger partial charge in [0.2, 0.25) is 5.95 Å². The summed E-state index contributed by atoms with van der Waals surface area (Å²) in [5.41, 5.74) is 1.36. The molecule has 184 valence electrons. The van der Waals surface area contributed by atoms with E-state index in [0.29, 0.717) is 24.1 Å². The molecule has 9 heteroatoms. The first kappa shape index (κ1) is 24.4. The van der Waals surface area contributed by atoms with Gasteiger partial charge in [0.25, 0.3) is 0 Å². The maximum Gasteiger partial charge on any atom is 0.451 e. The van der Waals surface area contributed by atoms with Crippen molar-refractivity contribution >= 4 is 29.2 Å². The predicted molar refractivity (Wildman–Crippen MR) is 134 cm³/mol. The summed E-state index contributed by atoms with van der Waals surface area (Å²) in [6.45, 7) is 4.13. The van der Waals surface area contributed by atoms with Crippen LogP contribution in [0, 0.1) is 0 Å². The van der Waals surface area contributed by atoms with Crippen molar-refractivity contribution in [1.82, 2.24) is 14.9 Å². The van der Waals surface area contributed by atoms with Gasteiger partial charge in [-0.05, 0) is 56.6 Å². The van der Waals surface area contributed by atoms with Crippen molar-refractivity contribution in [3.63, 3.8) is 0 Å². The van der Waals surface area contributed by atoms with Crippen molar-refractivity contribution in [2.75, 3.05) is 43.6 Å². The Labute approximate surface area is 205 Å². The average molecular weight is 478 g/mol. The number of benzene rings is 2. The molecule has 0 aliphatic carbocycles. The largest absolute Gasteiger partial charge is 0.493 e. The quantitative estimate of drug-likeness (QED) is 0.239. The third-order valence-electron chi connectivity index (χ3n) is 5.65. The number of rotatable bonds is 10. The Morgan fingerprint density at radius 2 is 1.89 bits per heavy atom. The van der Waals surface area contributed by atoms with Crippen LogP contribution in [0.3, 0.4) is 0 Å². The highest BCUT2D eigenvalue weighted by Gasteiger charge is 2.22. The van der Waals surface area contributed by atoms with E-state index in [9.17, 15) is 4.79 Å². The number of aromatic nitrogens is 2. The fourth-order valence-electron chi connectivity index (χ4n) is 4.00. The zero-order chi connectivity index (χ0) is 24.3. The zero-order valence-corrected chi connectivity index (χ0v) is 19.9. The topological polar surface area (TPSA) is 89.0 Å². The van der Waals surface area contributed by atoms with Gasteiger partial charge in [0.1, 0.15) is 11.6 Å². The van der Waals surface area contributed by atoms with E-state index in [-0.39, 0.29) is 0 Å². The number of likely N-dealkylation sites (tertiary alicyclic amines) is 1. The summed E-state index contributed by atoms with van der Waals surface area (Å²) in [6.07, 6.45) is 5.80. The minimum atomic E-state index is -0.719. The third-order valence-corrected chi connectivity index (χ3v) is 5.65. The van der Waals surface area contributed by atoms with Gasteiger partial charge < -0.3 is 15.0 Å². The van der Waals surface area contributed by atoms with Crippen LogP contribution in [0.1, 0.15) is 25.7 Å².